The maximum atomic E-state index is 13.2. The van der Waals surface area contributed by atoms with Crippen LogP contribution < -0.4 is 4.74 Å². The van der Waals surface area contributed by atoms with Gasteiger partial charge in [-0.25, -0.2) is 13.1 Å². The molecule has 1 aromatic heterocycles. The number of aromatic nitrogens is 4. The van der Waals surface area contributed by atoms with E-state index in [1.54, 1.807) is 22.9 Å². The predicted molar refractivity (Wildman–Crippen MR) is 96.4 cm³/mol. The minimum Gasteiger partial charge on any atom is -0.495 e. The molecule has 1 aliphatic rings. The van der Waals surface area contributed by atoms with Crippen LogP contribution in [0.3, 0.4) is 0 Å². The van der Waals surface area contributed by atoms with Gasteiger partial charge in [0.15, 0.2) is 5.82 Å². The largest absolute Gasteiger partial charge is 0.495 e. The predicted octanol–water partition coefficient (Wildman–Crippen LogP) is 0.695. The Labute approximate surface area is 153 Å². The third-order valence-corrected chi connectivity index (χ3v) is 6.57. The lowest BCUT2D eigenvalue weighted by atomic mass is 10.2. The molecule has 3 rings (SSSR count). The maximum absolute atomic E-state index is 13.2. The van der Waals surface area contributed by atoms with E-state index in [-0.39, 0.29) is 4.90 Å². The molecule has 0 atom stereocenters. The Bertz CT molecular complexity index is 859. The van der Waals surface area contributed by atoms with Crippen LogP contribution in [-0.2, 0) is 16.6 Å². The van der Waals surface area contributed by atoms with Crippen LogP contribution in [0.5, 0.6) is 5.75 Å². The summed E-state index contributed by atoms with van der Waals surface area (Å²) >= 11 is 0. The third-order valence-electron chi connectivity index (χ3n) is 4.65. The Balaban J connectivity index is 1.99. The second kappa shape index (κ2) is 7.68. The van der Waals surface area contributed by atoms with Crippen molar-refractivity contribution >= 4 is 10.0 Å². The molecule has 0 bridgehead atoms. The molecule has 1 aliphatic heterocycles. The monoisotopic (exact) mass is 380 g/mol. The second-order valence-corrected chi connectivity index (χ2v) is 7.93. The van der Waals surface area contributed by atoms with Crippen molar-refractivity contribution in [2.45, 2.75) is 25.3 Å². The van der Waals surface area contributed by atoms with Crippen molar-refractivity contribution in [1.82, 2.24) is 29.4 Å². The second-order valence-electron chi connectivity index (χ2n) is 6.02. The van der Waals surface area contributed by atoms with E-state index in [2.05, 4.69) is 27.3 Å². The highest BCUT2D eigenvalue weighted by molar-refractivity contribution is 7.89. The van der Waals surface area contributed by atoms with Crippen molar-refractivity contribution in [2.75, 3.05) is 39.8 Å². The van der Waals surface area contributed by atoms with Gasteiger partial charge in [0.1, 0.15) is 10.6 Å². The average molecular weight is 380 g/mol. The zero-order valence-electron chi connectivity index (χ0n) is 15.3. The van der Waals surface area contributed by atoms with E-state index in [1.807, 2.05) is 6.92 Å². The normalized spacial score (nSPS) is 16.7. The molecule has 0 radical (unpaired) electrons. The summed E-state index contributed by atoms with van der Waals surface area (Å²) in [6.07, 6.45) is 0. The molecule has 0 N–H and O–H groups in total. The van der Waals surface area contributed by atoms with Gasteiger partial charge in [0, 0.05) is 38.3 Å². The van der Waals surface area contributed by atoms with Crippen LogP contribution in [0.15, 0.2) is 23.1 Å². The van der Waals surface area contributed by atoms with Crippen LogP contribution >= 0.6 is 0 Å². The van der Waals surface area contributed by atoms with E-state index in [1.165, 1.54) is 11.4 Å². The fourth-order valence-electron chi connectivity index (χ4n) is 3.07. The first-order valence-electron chi connectivity index (χ1n) is 8.68. The van der Waals surface area contributed by atoms with Gasteiger partial charge < -0.3 is 9.64 Å². The van der Waals surface area contributed by atoms with Gasteiger partial charge in [-0.15, -0.1) is 5.10 Å². The molecule has 1 aromatic carbocycles. The first-order valence-corrected chi connectivity index (χ1v) is 10.1. The van der Waals surface area contributed by atoms with Gasteiger partial charge in [0.25, 0.3) is 0 Å². The molecular weight excluding hydrogens is 356 g/mol. The van der Waals surface area contributed by atoms with Crippen LogP contribution in [-0.4, -0.2) is 77.7 Å². The third kappa shape index (κ3) is 3.44. The van der Waals surface area contributed by atoms with Gasteiger partial charge in [-0.1, -0.05) is 6.92 Å². The molecular formula is C16H24N6O3S. The number of rotatable bonds is 6. The molecule has 26 heavy (non-hydrogen) atoms. The van der Waals surface area contributed by atoms with Crippen molar-refractivity contribution in [3.05, 3.63) is 18.2 Å². The van der Waals surface area contributed by atoms with Crippen LogP contribution in [0.4, 0.5) is 0 Å². The van der Waals surface area contributed by atoms with E-state index in [0.717, 1.165) is 19.6 Å². The molecule has 0 amide bonds. The minimum atomic E-state index is -3.67. The van der Waals surface area contributed by atoms with E-state index < -0.39 is 10.0 Å². The molecule has 1 saturated heterocycles. The Morgan fingerprint density at radius 1 is 1.12 bits per heavy atom. The van der Waals surface area contributed by atoms with Crippen LogP contribution in [0.25, 0.3) is 11.4 Å². The smallest absolute Gasteiger partial charge is 0.246 e. The van der Waals surface area contributed by atoms with Gasteiger partial charge in [-0.2, -0.15) is 4.31 Å². The summed E-state index contributed by atoms with van der Waals surface area (Å²) in [6.45, 7) is 7.91. The molecule has 9 nitrogen and oxygen atoms in total. The summed E-state index contributed by atoms with van der Waals surface area (Å²) in [5.41, 5.74) is 0.642. The van der Waals surface area contributed by atoms with Gasteiger partial charge in [0.2, 0.25) is 10.0 Å². The first-order chi connectivity index (χ1) is 12.5. The van der Waals surface area contributed by atoms with E-state index >= 15 is 0 Å². The number of aryl methyl sites for hydroxylation is 1. The van der Waals surface area contributed by atoms with Crippen LogP contribution in [0, 0.1) is 0 Å². The standard InChI is InChI=1S/C16H24N6O3S/c1-4-20-8-10-21(11-9-20)26(23,24)15-12-13(6-7-14(15)25-3)16-17-18-19-22(16)5-2/h6-7,12H,4-5,8-11H2,1-3H3. The Morgan fingerprint density at radius 2 is 1.85 bits per heavy atom. The summed E-state index contributed by atoms with van der Waals surface area (Å²) in [5, 5.41) is 11.6. The van der Waals surface area contributed by atoms with E-state index in [0.29, 0.717) is 36.8 Å². The lowest BCUT2D eigenvalue weighted by Crippen LogP contribution is -2.48. The van der Waals surface area contributed by atoms with Crippen molar-refractivity contribution in [2.24, 2.45) is 0 Å². The van der Waals surface area contributed by atoms with Crippen molar-refractivity contribution in [3.8, 4) is 17.1 Å². The number of benzene rings is 1. The number of ether oxygens (including phenoxy) is 1. The fraction of sp³-hybridized carbons (Fsp3) is 0.562. The number of hydrogen-bond donors (Lipinski definition) is 0. The fourth-order valence-corrected chi connectivity index (χ4v) is 4.67. The van der Waals surface area contributed by atoms with Crippen molar-refractivity contribution < 1.29 is 13.2 Å². The summed E-state index contributed by atoms with van der Waals surface area (Å²) in [7, 11) is -2.19. The summed E-state index contributed by atoms with van der Waals surface area (Å²) in [5.74, 6) is 0.851. The summed E-state index contributed by atoms with van der Waals surface area (Å²) < 4.78 is 34.9. The Kier molecular flexibility index (Phi) is 5.54. The number of likely N-dealkylation sites (N-methyl/N-ethyl adjacent to an activating group) is 1. The number of nitrogens with zero attached hydrogens (tertiary/aromatic N) is 6. The summed E-state index contributed by atoms with van der Waals surface area (Å²) in [6, 6.07) is 5.02. The van der Waals surface area contributed by atoms with Gasteiger partial charge in [-0.3, -0.25) is 0 Å². The molecule has 0 aliphatic carbocycles. The van der Waals surface area contributed by atoms with Gasteiger partial charge >= 0.3 is 0 Å². The van der Waals surface area contributed by atoms with Crippen LogP contribution in [0.2, 0.25) is 0 Å². The number of tetrazole rings is 1. The van der Waals surface area contributed by atoms with E-state index in [4.69, 9.17) is 4.74 Å². The molecule has 10 heteroatoms. The Hall–Kier alpha value is -2.04. The first kappa shape index (κ1) is 18.7. The molecule has 2 heterocycles. The maximum Gasteiger partial charge on any atom is 0.246 e. The van der Waals surface area contributed by atoms with Crippen molar-refractivity contribution in [1.29, 1.82) is 0 Å². The zero-order chi connectivity index (χ0) is 18.7. The molecule has 0 unspecified atom stereocenters. The molecule has 142 valence electrons. The molecule has 0 spiro atoms. The highest BCUT2D eigenvalue weighted by Crippen LogP contribution is 2.31. The number of hydrogen-bond acceptors (Lipinski definition) is 7. The van der Waals surface area contributed by atoms with Crippen LogP contribution in [0.1, 0.15) is 13.8 Å². The Morgan fingerprint density at radius 3 is 2.46 bits per heavy atom. The number of sulfonamides is 1. The molecule has 2 aromatic rings. The topological polar surface area (TPSA) is 93.5 Å². The zero-order valence-corrected chi connectivity index (χ0v) is 16.1. The number of methoxy groups -OCH3 is 1. The lowest BCUT2D eigenvalue weighted by Gasteiger charge is -2.33. The molecule has 1 fully saturated rings. The average Bonchev–Trinajstić information content (AvgIpc) is 3.16. The SMILES string of the molecule is CCN1CCN(S(=O)(=O)c2cc(-c3nnnn3CC)ccc2OC)CC1. The van der Waals surface area contributed by atoms with Crippen molar-refractivity contribution in [3.63, 3.8) is 0 Å². The van der Waals surface area contributed by atoms with Gasteiger partial charge in [0.05, 0.1) is 7.11 Å². The molecule has 0 saturated carbocycles. The minimum absolute atomic E-state index is 0.146. The van der Waals surface area contributed by atoms with Gasteiger partial charge in [-0.05, 0) is 42.1 Å². The lowest BCUT2D eigenvalue weighted by molar-refractivity contribution is 0.196. The highest BCUT2D eigenvalue weighted by atomic mass is 32.2. The number of piperazine rings is 1. The quantitative estimate of drug-likeness (QED) is 0.728. The van der Waals surface area contributed by atoms with E-state index in [9.17, 15) is 8.42 Å². The highest BCUT2D eigenvalue weighted by Gasteiger charge is 2.31. The summed E-state index contributed by atoms with van der Waals surface area (Å²) in [4.78, 5) is 2.38.